The first-order valence-electron chi connectivity index (χ1n) is 12.4. The van der Waals surface area contributed by atoms with E-state index in [1.807, 2.05) is 50.2 Å². The van der Waals surface area contributed by atoms with Crippen LogP contribution in [0.5, 0.6) is 5.75 Å². The first kappa shape index (κ1) is 26.1. The molecule has 2 heterocycles. The first-order chi connectivity index (χ1) is 18.7. The zero-order valence-electron chi connectivity index (χ0n) is 22.1. The minimum Gasteiger partial charge on any atom is -0.496 e. The predicted octanol–water partition coefficient (Wildman–Crippen LogP) is 4.73. The molecule has 8 nitrogen and oxygen atoms in total. The fraction of sp³-hybridized carbons (Fsp3) is 0.226. The lowest BCUT2D eigenvalue weighted by Crippen LogP contribution is -2.43. The molecular formula is C31H29NO7. The summed E-state index contributed by atoms with van der Waals surface area (Å²) in [6.45, 7) is 5.22. The Balaban J connectivity index is 1.81. The number of ether oxygens (including phenoxy) is 4. The van der Waals surface area contributed by atoms with Crippen molar-refractivity contribution < 1.29 is 33.6 Å². The Labute approximate surface area is 226 Å². The highest BCUT2D eigenvalue weighted by molar-refractivity contribution is 5.90. The summed E-state index contributed by atoms with van der Waals surface area (Å²) in [6, 6.07) is 20.0. The van der Waals surface area contributed by atoms with Gasteiger partial charge in [-0.15, -0.1) is 0 Å². The zero-order valence-corrected chi connectivity index (χ0v) is 22.1. The van der Waals surface area contributed by atoms with E-state index < -0.39 is 17.2 Å². The van der Waals surface area contributed by atoms with E-state index in [0.29, 0.717) is 33.9 Å². The highest BCUT2D eigenvalue weighted by atomic mass is 16.7. The van der Waals surface area contributed by atoms with Gasteiger partial charge in [-0.2, -0.15) is 0 Å². The molecule has 200 valence electrons. The maximum Gasteiger partial charge on any atom is 0.334 e. The highest BCUT2D eigenvalue weighted by Crippen LogP contribution is 2.55. The number of nitrogens with one attached hydrogen (secondary N) is 1. The SMILES string of the molecule is COc1ccc(C2(O)OC(=O)C=C2C(C2=COCO2)(c2ccc(C)cc2)c2ccc(NC(C)=O)cc2)cc1C. The van der Waals surface area contributed by atoms with Gasteiger partial charge in [0.2, 0.25) is 12.7 Å². The highest BCUT2D eigenvalue weighted by Gasteiger charge is 2.58. The Morgan fingerprint density at radius 1 is 1.03 bits per heavy atom. The molecule has 39 heavy (non-hydrogen) atoms. The number of carbonyl (C=O) groups excluding carboxylic acids is 2. The Bertz CT molecular complexity index is 1490. The summed E-state index contributed by atoms with van der Waals surface area (Å²) in [7, 11) is 1.56. The van der Waals surface area contributed by atoms with Crippen molar-refractivity contribution in [2.45, 2.75) is 32.0 Å². The van der Waals surface area contributed by atoms with E-state index >= 15 is 0 Å². The lowest BCUT2D eigenvalue weighted by atomic mass is 9.64. The Kier molecular flexibility index (Phi) is 6.66. The molecule has 0 bridgehead atoms. The molecule has 2 aliphatic heterocycles. The molecule has 2 unspecified atom stereocenters. The number of esters is 1. The molecule has 3 aromatic carbocycles. The van der Waals surface area contributed by atoms with E-state index in [-0.39, 0.29) is 18.3 Å². The zero-order chi connectivity index (χ0) is 27.8. The number of amides is 1. The predicted molar refractivity (Wildman–Crippen MR) is 144 cm³/mol. The van der Waals surface area contributed by atoms with Gasteiger partial charge < -0.3 is 29.4 Å². The van der Waals surface area contributed by atoms with Crippen LogP contribution in [0.25, 0.3) is 0 Å². The van der Waals surface area contributed by atoms with Gasteiger partial charge in [0.1, 0.15) is 17.4 Å². The van der Waals surface area contributed by atoms with Crippen molar-refractivity contribution in [2.24, 2.45) is 0 Å². The third kappa shape index (κ3) is 4.42. The van der Waals surface area contributed by atoms with Crippen LogP contribution < -0.4 is 10.1 Å². The van der Waals surface area contributed by atoms with Crippen molar-refractivity contribution in [3.05, 3.63) is 118 Å². The topological polar surface area (TPSA) is 103 Å². The number of benzene rings is 3. The molecule has 2 atom stereocenters. The second-order valence-corrected chi connectivity index (χ2v) is 9.59. The molecule has 0 saturated carbocycles. The summed E-state index contributed by atoms with van der Waals surface area (Å²) in [5.74, 6) is -2.06. The first-order valence-corrected chi connectivity index (χ1v) is 12.4. The fourth-order valence-corrected chi connectivity index (χ4v) is 5.25. The molecule has 3 aromatic rings. The summed E-state index contributed by atoms with van der Waals surface area (Å²) in [5, 5.41) is 15.1. The van der Waals surface area contributed by atoms with Crippen LogP contribution in [0.15, 0.2) is 90.4 Å². The lowest BCUT2D eigenvalue weighted by molar-refractivity contribution is -0.187. The lowest BCUT2D eigenvalue weighted by Gasteiger charge is -2.41. The molecule has 0 saturated heterocycles. The van der Waals surface area contributed by atoms with Gasteiger partial charge >= 0.3 is 5.97 Å². The number of cyclic esters (lactones) is 1. The molecule has 0 radical (unpaired) electrons. The average molecular weight is 528 g/mol. The third-order valence-electron chi connectivity index (χ3n) is 7.03. The van der Waals surface area contributed by atoms with Crippen LogP contribution in [0.4, 0.5) is 5.69 Å². The number of anilines is 1. The van der Waals surface area contributed by atoms with Gasteiger partial charge in [0.05, 0.1) is 7.11 Å². The second-order valence-electron chi connectivity index (χ2n) is 9.59. The van der Waals surface area contributed by atoms with Gasteiger partial charge in [0.25, 0.3) is 5.79 Å². The van der Waals surface area contributed by atoms with Gasteiger partial charge in [0.15, 0.2) is 5.76 Å². The van der Waals surface area contributed by atoms with E-state index in [4.69, 9.17) is 18.9 Å². The van der Waals surface area contributed by atoms with Crippen LogP contribution in [0, 0.1) is 13.8 Å². The van der Waals surface area contributed by atoms with Gasteiger partial charge in [-0.3, -0.25) is 4.79 Å². The average Bonchev–Trinajstić information content (AvgIpc) is 3.55. The molecule has 0 fully saturated rings. The van der Waals surface area contributed by atoms with Gasteiger partial charge in [0, 0.05) is 29.8 Å². The van der Waals surface area contributed by atoms with Crippen LogP contribution in [0.1, 0.15) is 34.7 Å². The summed E-state index contributed by atoms with van der Waals surface area (Å²) in [6.07, 6.45) is 2.80. The van der Waals surface area contributed by atoms with E-state index in [1.54, 1.807) is 37.4 Å². The van der Waals surface area contributed by atoms with Gasteiger partial charge in [-0.05, 0) is 60.9 Å². The smallest absolute Gasteiger partial charge is 0.334 e. The van der Waals surface area contributed by atoms with E-state index in [9.17, 15) is 14.7 Å². The number of carbonyl (C=O) groups is 2. The van der Waals surface area contributed by atoms with Crippen LogP contribution in [0.2, 0.25) is 0 Å². The van der Waals surface area contributed by atoms with Crippen molar-refractivity contribution >= 4 is 17.6 Å². The number of allylic oxidation sites excluding steroid dienone is 1. The normalized spacial score (nSPS) is 19.7. The van der Waals surface area contributed by atoms with E-state index in [2.05, 4.69) is 5.32 Å². The largest absolute Gasteiger partial charge is 0.496 e. The van der Waals surface area contributed by atoms with Gasteiger partial charge in [-0.1, -0.05) is 42.0 Å². The van der Waals surface area contributed by atoms with Crippen LogP contribution in [-0.2, 0) is 35.0 Å². The van der Waals surface area contributed by atoms with Crippen molar-refractivity contribution in [1.82, 2.24) is 0 Å². The number of rotatable bonds is 7. The molecule has 2 N–H and O–H groups in total. The van der Waals surface area contributed by atoms with Crippen LogP contribution >= 0.6 is 0 Å². The Morgan fingerprint density at radius 2 is 1.69 bits per heavy atom. The molecule has 0 aromatic heterocycles. The van der Waals surface area contributed by atoms with E-state index in [0.717, 1.165) is 11.1 Å². The Morgan fingerprint density at radius 3 is 2.26 bits per heavy atom. The van der Waals surface area contributed by atoms with E-state index in [1.165, 1.54) is 19.3 Å². The van der Waals surface area contributed by atoms with Gasteiger partial charge in [-0.25, -0.2) is 4.79 Å². The maximum atomic E-state index is 13.0. The molecule has 8 heteroatoms. The third-order valence-corrected chi connectivity index (χ3v) is 7.03. The number of aliphatic hydroxyl groups is 1. The minimum atomic E-state index is -2.15. The molecule has 1 amide bonds. The summed E-state index contributed by atoms with van der Waals surface area (Å²) in [5.41, 5.74) is 2.99. The van der Waals surface area contributed by atoms with Crippen molar-refractivity contribution in [3.8, 4) is 5.75 Å². The molecule has 5 rings (SSSR count). The Hall–Kier alpha value is -4.56. The minimum absolute atomic E-state index is 0.0327. The van der Waals surface area contributed by atoms with Crippen LogP contribution in [-0.4, -0.2) is 30.9 Å². The van der Waals surface area contributed by atoms with Crippen molar-refractivity contribution in [2.75, 3.05) is 19.2 Å². The maximum absolute atomic E-state index is 13.0. The summed E-state index contributed by atoms with van der Waals surface area (Å²) >= 11 is 0. The van der Waals surface area contributed by atoms with Crippen LogP contribution in [0.3, 0.4) is 0 Å². The number of methoxy groups -OCH3 is 1. The monoisotopic (exact) mass is 527 g/mol. The standard InChI is InChI=1S/C31H29NO7/c1-19-5-7-22(8-6-19)30(28-17-37-18-38-28,23-9-12-25(13-10-23)32-21(3)33)27-16-29(34)39-31(27,35)24-11-14-26(36-4)20(2)15-24/h5-17,35H,18H2,1-4H3,(H,32,33). The number of hydrogen-bond acceptors (Lipinski definition) is 7. The summed E-state index contributed by atoms with van der Waals surface area (Å²) < 4.78 is 22.6. The van der Waals surface area contributed by atoms with Crippen molar-refractivity contribution in [3.63, 3.8) is 0 Å². The molecular weight excluding hydrogens is 498 g/mol. The summed E-state index contributed by atoms with van der Waals surface area (Å²) in [4.78, 5) is 24.6. The quantitative estimate of drug-likeness (QED) is 0.428. The number of hydrogen-bond donors (Lipinski definition) is 2. The molecule has 0 spiro atoms. The second kappa shape index (κ2) is 9.96. The number of aryl methyl sites for hydroxylation is 2. The molecule has 2 aliphatic rings. The van der Waals surface area contributed by atoms with Crippen molar-refractivity contribution in [1.29, 1.82) is 0 Å². The fourth-order valence-electron chi connectivity index (χ4n) is 5.25. The molecule has 0 aliphatic carbocycles.